The van der Waals surface area contributed by atoms with Gasteiger partial charge in [0.1, 0.15) is 0 Å². The van der Waals surface area contributed by atoms with Gasteiger partial charge in [0.2, 0.25) is 0 Å². The van der Waals surface area contributed by atoms with Crippen molar-refractivity contribution in [3.63, 3.8) is 0 Å². The Labute approximate surface area is 69.4 Å². The first-order valence-electron chi connectivity index (χ1n) is 2.36. The number of benzene rings is 1. The van der Waals surface area contributed by atoms with Gasteiger partial charge < -0.3 is 5.11 Å². The monoisotopic (exact) mass is 215 g/mol. The van der Waals surface area contributed by atoms with Crippen molar-refractivity contribution in [2.45, 2.75) is 0 Å². The van der Waals surface area contributed by atoms with E-state index in [-0.39, 0.29) is 20.4 Å². The summed E-state index contributed by atoms with van der Waals surface area (Å²) in [5, 5.41) is 7.00. The molecule has 0 atom stereocenters. The fourth-order valence-corrected chi connectivity index (χ4v) is 0.342. The molecule has 0 saturated heterocycles. The van der Waals surface area contributed by atoms with E-state index in [0.29, 0.717) is 0 Å². The summed E-state index contributed by atoms with van der Waals surface area (Å²) in [4.78, 5) is 0. The second-order valence-corrected chi connectivity index (χ2v) is 1.08. The number of aliphatic hydroxyl groups excluding tert-OH is 1. The minimum atomic E-state index is 0. The molecule has 0 aliphatic rings. The molecule has 0 radical (unpaired) electrons. The minimum absolute atomic E-state index is 0. The zero-order valence-electron chi connectivity index (χ0n) is 5.15. The van der Waals surface area contributed by atoms with Crippen LogP contribution in [0.2, 0.25) is 0 Å². The smallest absolute Gasteiger partial charge is 0.0319 e. The van der Waals surface area contributed by atoms with Gasteiger partial charge in [-0.2, -0.15) is 36.4 Å². The van der Waals surface area contributed by atoms with E-state index in [0.717, 1.165) is 7.11 Å². The molecule has 54 valence electrons. The molecule has 1 N–H and O–H groups in total. The Balaban J connectivity index is 0. The normalized spacial score (nSPS) is 6.00. The van der Waals surface area contributed by atoms with Crippen LogP contribution in [0, 0.1) is 6.07 Å². The Morgan fingerprint density at radius 3 is 1.56 bits per heavy atom. The molecule has 0 saturated carbocycles. The second kappa shape index (κ2) is 10.8. The molecule has 1 nitrogen and oxygen atoms in total. The molecule has 9 heavy (non-hydrogen) atoms. The van der Waals surface area contributed by atoms with E-state index in [1.807, 2.05) is 30.3 Å². The van der Waals surface area contributed by atoms with Gasteiger partial charge in [0.05, 0.1) is 0 Å². The molecule has 1 aromatic carbocycles. The van der Waals surface area contributed by atoms with Crippen LogP contribution in [0.4, 0.5) is 0 Å². The van der Waals surface area contributed by atoms with Crippen molar-refractivity contribution in [2.75, 3.05) is 7.11 Å². The summed E-state index contributed by atoms with van der Waals surface area (Å²) in [6.07, 6.45) is 0. The SMILES string of the molecule is CO.[Pd].[c-]1ccccc1. The van der Waals surface area contributed by atoms with Gasteiger partial charge >= 0.3 is 0 Å². The molecule has 1 rings (SSSR count). The fourth-order valence-electron chi connectivity index (χ4n) is 0.342. The van der Waals surface area contributed by atoms with Crippen LogP contribution >= 0.6 is 0 Å². The molecular weight excluding hydrogens is 206 g/mol. The third-order valence-corrected chi connectivity index (χ3v) is 0.607. The summed E-state index contributed by atoms with van der Waals surface area (Å²) < 4.78 is 0. The molecule has 0 amide bonds. The van der Waals surface area contributed by atoms with Crippen molar-refractivity contribution in [1.82, 2.24) is 0 Å². The van der Waals surface area contributed by atoms with Gasteiger partial charge in [0.15, 0.2) is 0 Å². The van der Waals surface area contributed by atoms with Gasteiger partial charge in [0, 0.05) is 27.5 Å². The van der Waals surface area contributed by atoms with Gasteiger partial charge in [-0.15, -0.1) is 0 Å². The topological polar surface area (TPSA) is 20.2 Å². The Hall–Kier alpha value is -0.158. The van der Waals surface area contributed by atoms with Gasteiger partial charge in [-0.1, -0.05) is 0 Å². The number of rotatable bonds is 0. The predicted octanol–water partition coefficient (Wildman–Crippen LogP) is 1.09. The van der Waals surface area contributed by atoms with E-state index >= 15 is 0 Å². The first-order chi connectivity index (χ1) is 4.00. The standard InChI is InChI=1S/C6H5.CH4O.Pd/c1-2-4-6-5-3-1;1-2;/h1-5H;2H,1H3;/q-1;;. The van der Waals surface area contributed by atoms with Crippen LogP contribution in [0.1, 0.15) is 0 Å². The molecule has 0 aliphatic heterocycles. The molecular formula is C7H9OPd-. The maximum absolute atomic E-state index is 7.00. The van der Waals surface area contributed by atoms with Crippen LogP contribution in [-0.2, 0) is 20.4 Å². The molecule has 0 heterocycles. The first-order valence-corrected chi connectivity index (χ1v) is 2.36. The van der Waals surface area contributed by atoms with E-state index in [2.05, 4.69) is 6.07 Å². The first kappa shape index (κ1) is 11.6. The van der Waals surface area contributed by atoms with Crippen molar-refractivity contribution in [3.05, 3.63) is 36.4 Å². The molecule has 0 aromatic heterocycles. The Morgan fingerprint density at radius 2 is 1.44 bits per heavy atom. The predicted molar refractivity (Wildman–Crippen MR) is 33.4 cm³/mol. The van der Waals surface area contributed by atoms with Crippen molar-refractivity contribution in [3.8, 4) is 0 Å². The average molecular weight is 216 g/mol. The van der Waals surface area contributed by atoms with Crippen LogP contribution in [0.15, 0.2) is 30.3 Å². The van der Waals surface area contributed by atoms with Gasteiger partial charge in [0.25, 0.3) is 0 Å². The van der Waals surface area contributed by atoms with Gasteiger partial charge in [-0.05, 0) is 0 Å². The van der Waals surface area contributed by atoms with E-state index in [4.69, 9.17) is 5.11 Å². The summed E-state index contributed by atoms with van der Waals surface area (Å²) in [7, 11) is 1.00. The Kier molecular flexibility index (Phi) is 13.9. The van der Waals surface area contributed by atoms with E-state index in [1.54, 1.807) is 0 Å². The van der Waals surface area contributed by atoms with Crippen LogP contribution < -0.4 is 0 Å². The summed E-state index contributed by atoms with van der Waals surface area (Å²) in [5.74, 6) is 0. The molecule has 0 fully saturated rings. The summed E-state index contributed by atoms with van der Waals surface area (Å²) >= 11 is 0. The van der Waals surface area contributed by atoms with E-state index in [9.17, 15) is 0 Å². The molecule has 0 unspecified atom stereocenters. The molecule has 2 heteroatoms. The third-order valence-electron chi connectivity index (χ3n) is 0.607. The quantitative estimate of drug-likeness (QED) is 0.508. The van der Waals surface area contributed by atoms with Crippen molar-refractivity contribution in [1.29, 1.82) is 0 Å². The van der Waals surface area contributed by atoms with Crippen LogP contribution in [0.5, 0.6) is 0 Å². The van der Waals surface area contributed by atoms with Crippen LogP contribution in [-0.4, -0.2) is 12.2 Å². The number of aliphatic hydroxyl groups is 1. The second-order valence-electron chi connectivity index (χ2n) is 1.08. The summed E-state index contributed by atoms with van der Waals surface area (Å²) in [5.41, 5.74) is 0. The zero-order chi connectivity index (χ0) is 6.24. The Bertz CT molecular complexity index is 80.8. The summed E-state index contributed by atoms with van der Waals surface area (Å²) in [6.45, 7) is 0. The minimum Gasteiger partial charge on any atom is -0.400 e. The number of hydrogen-bond donors (Lipinski definition) is 1. The van der Waals surface area contributed by atoms with Crippen LogP contribution in [0.25, 0.3) is 0 Å². The van der Waals surface area contributed by atoms with Crippen molar-refractivity contribution < 1.29 is 25.5 Å². The van der Waals surface area contributed by atoms with Crippen LogP contribution in [0.3, 0.4) is 0 Å². The number of hydrogen-bond acceptors (Lipinski definition) is 1. The Morgan fingerprint density at radius 1 is 1.00 bits per heavy atom. The van der Waals surface area contributed by atoms with E-state index in [1.165, 1.54) is 0 Å². The maximum atomic E-state index is 7.00. The zero-order valence-corrected chi connectivity index (χ0v) is 6.70. The largest absolute Gasteiger partial charge is 0.400 e. The third kappa shape index (κ3) is 7.84. The molecule has 1 aromatic rings. The summed E-state index contributed by atoms with van der Waals surface area (Å²) in [6, 6.07) is 12.5. The van der Waals surface area contributed by atoms with Crippen molar-refractivity contribution in [2.24, 2.45) is 0 Å². The van der Waals surface area contributed by atoms with Gasteiger partial charge in [-0.3, -0.25) is 0 Å². The van der Waals surface area contributed by atoms with Crippen molar-refractivity contribution >= 4 is 0 Å². The van der Waals surface area contributed by atoms with Gasteiger partial charge in [-0.25, -0.2) is 0 Å². The molecule has 0 spiro atoms. The fraction of sp³-hybridized carbons (Fsp3) is 0.143. The van der Waals surface area contributed by atoms with E-state index < -0.39 is 0 Å². The molecule has 0 aliphatic carbocycles. The molecule has 0 bridgehead atoms. The average Bonchev–Trinajstić information content (AvgIpc) is 1.96. The maximum Gasteiger partial charge on any atom is 0.0319 e.